The van der Waals surface area contributed by atoms with E-state index in [4.69, 9.17) is 0 Å². The Morgan fingerprint density at radius 2 is 1.82 bits per heavy atom. The Morgan fingerprint density at radius 3 is 2.55 bits per heavy atom. The molecule has 2 nitrogen and oxygen atoms in total. The summed E-state index contributed by atoms with van der Waals surface area (Å²) in [5.41, 5.74) is 3.46. The summed E-state index contributed by atoms with van der Waals surface area (Å²) in [4.78, 5) is 14.7. The van der Waals surface area contributed by atoms with E-state index >= 15 is 0 Å². The Morgan fingerprint density at radius 1 is 1.09 bits per heavy atom. The van der Waals surface area contributed by atoms with Gasteiger partial charge in [-0.1, -0.05) is 60.2 Å². The maximum atomic E-state index is 12.2. The molecule has 0 radical (unpaired) electrons. The average Bonchev–Trinajstić information content (AvgIpc) is 3.03. The molecule has 2 heteroatoms. The Hall–Kier alpha value is -1.93. The third kappa shape index (κ3) is 3.63. The monoisotopic (exact) mass is 293 g/mol. The molecule has 0 saturated carbocycles. The molecule has 22 heavy (non-hydrogen) atoms. The standard InChI is InChI=1S/C20H23NO/c1-16-7-9-18(10-8-16)20(22)12-14-21-13-11-19(15-21)17-5-3-2-4-6-17/h2-10,19H,11-15H2,1H3. The predicted octanol–water partition coefficient (Wildman–Crippen LogP) is 4.06. The second-order valence-corrected chi connectivity index (χ2v) is 6.24. The number of ketones is 1. The van der Waals surface area contributed by atoms with Crippen LogP contribution in [0.25, 0.3) is 0 Å². The topological polar surface area (TPSA) is 20.3 Å². The van der Waals surface area contributed by atoms with Crippen molar-refractivity contribution < 1.29 is 4.79 Å². The van der Waals surface area contributed by atoms with Gasteiger partial charge in [0, 0.05) is 25.1 Å². The van der Waals surface area contributed by atoms with Gasteiger partial charge in [-0.2, -0.15) is 0 Å². The second kappa shape index (κ2) is 6.89. The zero-order chi connectivity index (χ0) is 15.4. The molecule has 1 atom stereocenters. The number of hydrogen-bond acceptors (Lipinski definition) is 2. The van der Waals surface area contributed by atoms with Crippen molar-refractivity contribution in [1.82, 2.24) is 4.90 Å². The smallest absolute Gasteiger partial charge is 0.164 e. The number of carbonyl (C=O) groups excluding carboxylic acids is 1. The number of Topliss-reactive ketones (excluding diaryl/α,β-unsaturated/α-hetero) is 1. The van der Waals surface area contributed by atoms with Crippen molar-refractivity contribution in [3.63, 3.8) is 0 Å². The van der Waals surface area contributed by atoms with E-state index in [2.05, 4.69) is 35.2 Å². The van der Waals surface area contributed by atoms with Gasteiger partial charge in [-0.25, -0.2) is 0 Å². The quantitative estimate of drug-likeness (QED) is 0.775. The van der Waals surface area contributed by atoms with Gasteiger partial charge in [0.2, 0.25) is 0 Å². The molecule has 0 spiro atoms. The summed E-state index contributed by atoms with van der Waals surface area (Å²) in [5, 5.41) is 0. The van der Waals surface area contributed by atoms with Crippen molar-refractivity contribution in [3.05, 3.63) is 71.3 Å². The lowest BCUT2D eigenvalue weighted by atomic mass is 9.99. The molecule has 1 saturated heterocycles. The van der Waals surface area contributed by atoms with E-state index in [0.717, 1.165) is 25.2 Å². The maximum Gasteiger partial charge on any atom is 0.164 e. The summed E-state index contributed by atoms with van der Waals surface area (Å²) >= 11 is 0. The zero-order valence-electron chi connectivity index (χ0n) is 13.2. The van der Waals surface area contributed by atoms with Crippen LogP contribution < -0.4 is 0 Å². The van der Waals surface area contributed by atoms with Crippen molar-refractivity contribution in [3.8, 4) is 0 Å². The Kier molecular flexibility index (Phi) is 4.69. The van der Waals surface area contributed by atoms with Gasteiger partial charge in [-0.05, 0) is 31.4 Å². The fraction of sp³-hybridized carbons (Fsp3) is 0.350. The highest BCUT2D eigenvalue weighted by Crippen LogP contribution is 2.26. The van der Waals surface area contributed by atoms with Crippen molar-refractivity contribution in [2.24, 2.45) is 0 Å². The SMILES string of the molecule is Cc1ccc(C(=O)CCN2CCC(c3ccccc3)C2)cc1. The van der Waals surface area contributed by atoms with Crippen molar-refractivity contribution in [2.75, 3.05) is 19.6 Å². The first kappa shape index (κ1) is 15.0. The summed E-state index contributed by atoms with van der Waals surface area (Å²) in [5.74, 6) is 0.874. The van der Waals surface area contributed by atoms with Crippen LogP contribution in [0.4, 0.5) is 0 Å². The van der Waals surface area contributed by atoms with Gasteiger partial charge >= 0.3 is 0 Å². The van der Waals surface area contributed by atoms with Crippen LogP contribution in [0.2, 0.25) is 0 Å². The molecule has 2 aromatic carbocycles. The molecule has 0 aromatic heterocycles. The first-order chi connectivity index (χ1) is 10.7. The molecule has 3 rings (SSSR count). The molecule has 2 aromatic rings. The normalized spacial score (nSPS) is 18.5. The van der Waals surface area contributed by atoms with Gasteiger partial charge in [0.1, 0.15) is 0 Å². The van der Waals surface area contributed by atoms with E-state index in [0.29, 0.717) is 12.3 Å². The number of benzene rings is 2. The maximum absolute atomic E-state index is 12.2. The van der Waals surface area contributed by atoms with Gasteiger partial charge < -0.3 is 4.90 Å². The fourth-order valence-electron chi connectivity index (χ4n) is 3.18. The van der Waals surface area contributed by atoms with Crippen LogP contribution in [0, 0.1) is 6.92 Å². The molecule has 1 aliphatic rings. The average molecular weight is 293 g/mol. The molecule has 114 valence electrons. The summed E-state index contributed by atoms with van der Waals surface area (Å²) in [6.45, 7) is 5.09. The first-order valence-electron chi connectivity index (χ1n) is 8.09. The third-order valence-corrected chi connectivity index (χ3v) is 4.57. The predicted molar refractivity (Wildman–Crippen MR) is 90.4 cm³/mol. The van der Waals surface area contributed by atoms with Crippen LogP contribution in [0.1, 0.15) is 40.2 Å². The number of rotatable bonds is 5. The first-order valence-corrected chi connectivity index (χ1v) is 8.09. The van der Waals surface area contributed by atoms with E-state index in [1.807, 2.05) is 31.2 Å². The lowest BCUT2D eigenvalue weighted by Crippen LogP contribution is -2.23. The summed E-state index contributed by atoms with van der Waals surface area (Å²) < 4.78 is 0. The van der Waals surface area contributed by atoms with E-state index in [-0.39, 0.29) is 5.78 Å². The third-order valence-electron chi connectivity index (χ3n) is 4.57. The van der Waals surface area contributed by atoms with Crippen LogP contribution in [-0.2, 0) is 0 Å². The Balaban J connectivity index is 1.50. The second-order valence-electron chi connectivity index (χ2n) is 6.24. The highest BCUT2D eigenvalue weighted by molar-refractivity contribution is 5.96. The number of hydrogen-bond donors (Lipinski definition) is 0. The van der Waals surface area contributed by atoms with E-state index < -0.39 is 0 Å². The molecular weight excluding hydrogens is 270 g/mol. The van der Waals surface area contributed by atoms with Gasteiger partial charge in [0.15, 0.2) is 5.78 Å². The van der Waals surface area contributed by atoms with Crippen LogP contribution in [0.3, 0.4) is 0 Å². The van der Waals surface area contributed by atoms with Gasteiger partial charge in [0.25, 0.3) is 0 Å². The number of aryl methyl sites for hydroxylation is 1. The molecule has 1 fully saturated rings. The lowest BCUT2D eigenvalue weighted by Gasteiger charge is -2.15. The van der Waals surface area contributed by atoms with E-state index in [1.165, 1.54) is 17.5 Å². The molecule has 1 unspecified atom stereocenters. The molecule has 0 N–H and O–H groups in total. The molecular formula is C20H23NO. The molecule has 0 bridgehead atoms. The largest absolute Gasteiger partial charge is 0.302 e. The van der Waals surface area contributed by atoms with Crippen molar-refractivity contribution in [1.29, 1.82) is 0 Å². The van der Waals surface area contributed by atoms with Crippen molar-refractivity contribution >= 4 is 5.78 Å². The van der Waals surface area contributed by atoms with E-state index in [9.17, 15) is 4.79 Å². The summed E-state index contributed by atoms with van der Waals surface area (Å²) in [6, 6.07) is 18.6. The highest BCUT2D eigenvalue weighted by Gasteiger charge is 2.23. The van der Waals surface area contributed by atoms with E-state index in [1.54, 1.807) is 0 Å². The van der Waals surface area contributed by atoms with Crippen LogP contribution in [-0.4, -0.2) is 30.3 Å². The number of nitrogens with zero attached hydrogens (tertiary/aromatic N) is 1. The van der Waals surface area contributed by atoms with Crippen LogP contribution in [0.5, 0.6) is 0 Å². The summed E-state index contributed by atoms with van der Waals surface area (Å²) in [7, 11) is 0. The number of carbonyl (C=O) groups is 1. The lowest BCUT2D eigenvalue weighted by molar-refractivity contribution is 0.0968. The van der Waals surface area contributed by atoms with Crippen LogP contribution >= 0.6 is 0 Å². The van der Waals surface area contributed by atoms with Gasteiger partial charge in [-0.15, -0.1) is 0 Å². The molecule has 1 heterocycles. The zero-order valence-corrected chi connectivity index (χ0v) is 13.2. The molecule has 1 aliphatic heterocycles. The summed E-state index contributed by atoms with van der Waals surface area (Å²) in [6.07, 6.45) is 1.81. The van der Waals surface area contributed by atoms with Crippen molar-refractivity contribution in [2.45, 2.75) is 25.7 Å². The minimum atomic E-state index is 0.253. The highest BCUT2D eigenvalue weighted by atomic mass is 16.1. The molecule has 0 amide bonds. The van der Waals surface area contributed by atoms with Gasteiger partial charge in [0.05, 0.1) is 0 Å². The Labute approximate surface area is 132 Å². The van der Waals surface area contributed by atoms with Gasteiger partial charge in [-0.3, -0.25) is 4.79 Å². The minimum Gasteiger partial charge on any atom is -0.302 e. The minimum absolute atomic E-state index is 0.253. The van der Waals surface area contributed by atoms with Crippen LogP contribution in [0.15, 0.2) is 54.6 Å². The fourth-order valence-corrected chi connectivity index (χ4v) is 3.18. The number of likely N-dealkylation sites (tertiary alicyclic amines) is 1. The Bertz CT molecular complexity index is 618. The molecule has 0 aliphatic carbocycles.